The van der Waals surface area contributed by atoms with E-state index in [2.05, 4.69) is 10.1 Å². The predicted molar refractivity (Wildman–Crippen MR) is 66.1 cm³/mol. The maximum absolute atomic E-state index is 12.1. The van der Waals surface area contributed by atoms with Gasteiger partial charge >= 0.3 is 6.61 Å². The molecule has 0 spiro atoms. The molecule has 0 saturated carbocycles. The summed E-state index contributed by atoms with van der Waals surface area (Å²) in [7, 11) is 0. The summed E-state index contributed by atoms with van der Waals surface area (Å²) in [6, 6.07) is 5.97. The second-order valence-corrected chi connectivity index (χ2v) is 4.30. The van der Waals surface area contributed by atoms with Gasteiger partial charge in [0.25, 0.3) is 0 Å². The minimum absolute atomic E-state index is 0.0109. The summed E-state index contributed by atoms with van der Waals surface area (Å²) in [4.78, 5) is 11.5. The maximum Gasteiger partial charge on any atom is 0.387 e. The maximum atomic E-state index is 12.1. The zero-order chi connectivity index (χ0) is 13.4. The van der Waals surface area contributed by atoms with Crippen molar-refractivity contribution in [2.75, 3.05) is 23.4 Å². The van der Waals surface area contributed by atoms with E-state index in [0.29, 0.717) is 5.75 Å². The molecule has 0 heterocycles. The smallest absolute Gasteiger partial charge is 0.387 e. The van der Waals surface area contributed by atoms with Crippen LogP contribution in [-0.2, 0) is 4.79 Å². The van der Waals surface area contributed by atoms with E-state index in [1.807, 2.05) is 0 Å². The van der Waals surface area contributed by atoms with Gasteiger partial charge in [0.05, 0.1) is 18.0 Å². The van der Waals surface area contributed by atoms with Crippen molar-refractivity contribution < 1.29 is 23.4 Å². The molecule has 0 radical (unpaired) electrons. The van der Waals surface area contributed by atoms with E-state index < -0.39 is 6.61 Å². The standard InChI is InChI=1S/C11H13F2NO3S/c12-11(13)17-9-4-2-1-3-8(9)14-10(16)7-18-6-5-15/h1-4,11,15H,5-7H2,(H,14,16). The van der Waals surface area contributed by atoms with Crippen molar-refractivity contribution in [1.29, 1.82) is 0 Å². The van der Waals surface area contributed by atoms with E-state index in [4.69, 9.17) is 5.11 Å². The topological polar surface area (TPSA) is 58.6 Å². The van der Waals surface area contributed by atoms with Crippen LogP contribution in [0.3, 0.4) is 0 Å². The molecule has 0 aliphatic heterocycles. The van der Waals surface area contributed by atoms with Gasteiger partial charge in [0, 0.05) is 5.75 Å². The first kappa shape index (κ1) is 14.7. The molecule has 4 nitrogen and oxygen atoms in total. The Morgan fingerprint density at radius 1 is 1.44 bits per heavy atom. The molecule has 1 amide bonds. The monoisotopic (exact) mass is 277 g/mol. The number of aliphatic hydroxyl groups is 1. The van der Waals surface area contributed by atoms with Crippen LogP contribution < -0.4 is 10.1 Å². The molecule has 0 unspecified atom stereocenters. The number of amides is 1. The van der Waals surface area contributed by atoms with Crippen LogP contribution in [0.2, 0.25) is 0 Å². The highest BCUT2D eigenvalue weighted by molar-refractivity contribution is 7.99. The van der Waals surface area contributed by atoms with Crippen LogP contribution in [0, 0.1) is 0 Å². The number of ether oxygens (including phenoxy) is 1. The van der Waals surface area contributed by atoms with Crippen molar-refractivity contribution >= 4 is 23.4 Å². The number of rotatable bonds is 7. The van der Waals surface area contributed by atoms with Crippen molar-refractivity contribution in [3.05, 3.63) is 24.3 Å². The first-order valence-electron chi connectivity index (χ1n) is 5.15. The molecule has 0 atom stereocenters. The fourth-order valence-electron chi connectivity index (χ4n) is 1.18. The fourth-order valence-corrected chi connectivity index (χ4v) is 1.72. The third-order valence-corrected chi connectivity index (χ3v) is 2.78. The number of benzene rings is 1. The normalized spacial score (nSPS) is 10.4. The third-order valence-electron chi connectivity index (χ3n) is 1.85. The molecule has 0 aliphatic carbocycles. The second kappa shape index (κ2) is 7.88. The number of alkyl halides is 2. The Labute approximate surface area is 107 Å². The summed E-state index contributed by atoms with van der Waals surface area (Å²) in [6.45, 7) is -2.95. The highest BCUT2D eigenvalue weighted by atomic mass is 32.2. The Morgan fingerprint density at radius 2 is 2.17 bits per heavy atom. The first-order valence-corrected chi connectivity index (χ1v) is 6.31. The lowest BCUT2D eigenvalue weighted by molar-refractivity contribution is -0.113. The highest BCUT2D eigenvalue weighted by Gasteiger charge is 2.11. The molecule has 0 bridgehead atoms. The second-order valence-electron chi connectivity index (χ2n) is 3.20. The number of carbonyl (C=O) groups is 1. The van der Waals surface area contributed by atoms with E-state index in [0.717, 1.165) is 0 Å². The molecule has 0 aromatic heterocycles. The number of nitrogens with one attached hydrogen (secondary N) is 1. The Morgan fingerprint density at radius 3 is 2.83 bits per heavy atom. The summed E-state index contributed by atoms with van der Waals surface area (Å²) < 4.78 is 28.5. The van der Waals surface area contributed by atoms with Gasteiger partial charge in [-0.1, -0.05) is 12.1 Å². The number of thioether (sulfide) groups is 1. The fraction of sp³-hybridized carbons (Fsp3) is 0.364. The largest absolute Gasteiger partial charge is 0.433 e. The van der Waals surface area contributed by atoms with Crippen molar-refractivity contribution in [2.24, 2.45) is 0 Å². The average Bonchev–Trinajstić information content (AvgIpc) is 2.31. The zero-order valence-electron chi connectivity index (χ0n) is 9.44. The molecule has 0 saturated heterocycles. The molecule has 1 aromatic carbocycles. The molecular weight excluding hydrogens is 264 g/mol. The van der Waals surface area contributed by atoms with Gasteiger partial charge in [-0.05, 0) is 12.1 Å². The molecule has 1 aromatic rings. The lowest BCUT2D eigenvalue weighted by atomic mass is 10.3. The Bertz CT molecular complexity index is 390. The van der Waals surface area contributed by atoms with Gasteiger partial charge in [0.1, 0.15) is 5.75 Å². The van der Waals surface area contributed by atoms with Gasteiger partial charge in [0.2, 0.25) is 5.91 Å². The van der Waals surface area contributed by atoms with Gasteiger partial charge in [0.15, 0.2) is 0 Å². The average molecular weight is 277 g/mol. The summed E-state index contributed by atoms with van der Waals surface area (Å²) in [5, 5.41) is 11.0. The lowest BCUT2D eigenvalue weighted by Crippen LogP contribution is -2.16. The van der Waals surface area contributed by atoms with Crippen LogP contribution in [0.15, 0.2) is 24.3 Å². The summed E-state index contributed by atoms with van der Waals surface area (Å²) >= 11 is 1.25. The minimum atomic E-state index is -2.94. The molecule has 100 valence electrons. The lowest BCUT2D eigenvalue weighted by Gasteiger charge is -2.11. The Kier molecular flexibility index (Phi) is 6.45. The Hall–Kier alpha value is -1.34. The van der Waals surface area contributed by atoms with Crippen molar-refractivity contribution in [1.82, 2.24) is 0 Å². The molecule has 0 aliphatic rings. The van der Waals surface area contributed by atoms with Gasteiger partial charge < -0.3 is 15.2 Å². The number of halogens is 2. The van der Waals surface area contributed by atoms with Gasteiger partial charge in [-0.25, -0.2) is 0 Å². The number of aliphatic hydroxyl groups excluding tert-OH is 1. The van der Waals surface area contributed by atoms with Crippen LogP contribution in [0.25, 0.3) is 0 Å². The SMILES string of the molecule is O=C(CSCCO)Nc1ccccc1OC(F)F. The van der Waals surface area contributed by atoms with Crippen LogP contribution in [0.1, 0.15) is 0 Å². The number of anilines is 1. The molecule has 1 rings (SSSR count). The quantitative estimate of drug-likeness (QED) is 0.748. The number of carbonyl (C=O) groups excluding carboxylic acids is 1. The molecule has 7 heteroatoms. The number of hydrogen-bond acceptors (Lipinski definition) is 4. The third kappa shape index (κ3) is 5.33. The summed E-state index contributed by atoms with van der Waals surface area (Å²) in [5.41, 5.74) is 0.201. The van der Waals surface area contributed by atoms with Crippen molar-refractivity contribution in [2.45, 2.75) is 6.61 Å². The van der Waals surface area contributed by atoms with E-state index in [-0.39, 0.29) is 29.7 Å². The van der Waals surface area contributed by atoms with E-state index in [9.17, 15) is 13.6 Å². The molecule has 0 fully saturated rings. The van der Waals surface area contributed by atoms with Crippen LogP contribution in [0.5, 0.6) is 5.75 Å². The van der Waals surface area contributed by atoms with Crippen molar-refractivity contribution in [3.63, 3.8) is 0 Å². The van der Waals surface area contributed by atoms with E-state index >= 15 is 0 Å². The van der Waals surface area contributed by atoms with Crippen LogP contribution >= 0.6 is 11.8 Å². The van der Waals surface area contributed by atoms with Crippen LogP contribution in [-0.4, -0.2) is 35.7 Å². The zero-order valence-corrected chi connectivity index (χ0v) is 10.3. The first-order chi connectivity index (χ1) is 8.63. The molecular formula is C11H13F2NO3S. The number of hydrogen-bond donors (Lipinski definition) is 2. The van der Waals surface area contributed by atoms with E-state index in [1.54, 1.807) is 6.07 Å². The highest BCUT2D eigenvalue weighted by Crippen LogP contribution is 2.25. The van der Waals surface area contributed by atoms with Gasteiger partial charge in [-0.3, -0.25) is 4.79 Å². The molecule has 18 heavy (non-hydrogen) atoms. The van der Waals surface area contributed by atoms with Crippen LogP contribution in [0.4, 0.5) is 14.5 Å². The van der Waals surface area contributed by atoms with E-state index in [1.165, 1.54) is 30.0 Å². The number of para-hydroxylation sites is 2. The Balaban J connectivity index is 2.57. The minimum Gasteiger partial charge on any atom is -0.433 e. The summed E-state index contributed by atoms with van der Waals surface area (Å²) in [5.74, 6) is 0.179. The molecule has 2 N–H and O–H groups in total. The summed E-state index contributed by atoms with van der Waals surface area (Å²) in [6.07, 6.45) is 0. The predicted octanol–water partition coefficient (Wildman–Crippen LogP) is 1.95. The van der Waals surface area contributed by atoms with Gasteiger partial charge in [-0.2, -0.15) is 8.78 Å². The van der Waals surface area contributed by atoms with Gasteiger partial charge in [-0.15, -0.1) is 11.8 Å². The van der Waals surface area contributed by atoms with Crippen molar-refractivity contribution in [3.8, 4) is 5.75 Å².